The molecule has 7 N–H and O–H groups in total. The van der Waals surface area contributed by atoms with Crippen molar-refractivity contribution in [3.63, 3.8) is 0 Å². The molecule has 222 valence electrons. The smallest absolute Gasteiger partial charge is 0.373 e. The number of likely N-dealkylation sites (N-methyl/N-ethyl adjacent to an activating group) is 1. The second-order valence-electron chi connectivity index (χ2n) is 10.8. The summed E-state index contributed by atoms with van der Waals surface area (Å²) >= 11 is 0. The Morgan fingerprint density at radius 3 is 2.56 bits per heavy atom. The number of hydrogen-bond acceptors (Lipinski definition) is 11. The third-order valence-corrected chi connectivity index (χ3v) is 8.43. The van der Waals surface area contributed by atoms with E-state index >= 15 is 0 Å². The molecule has 2 heterocycles. The molecular weight excluding hydrogens is 538 g/mol. The average molecular weight is 579 g/mol. The van der Waals surface area contributed by atoms with Gasteiger partial charge in [-0.25, -0.2) is 8.96 Å². The highest BCUT2D eigenvalue weighted by atomic mass is 31.2. The molecule has 4 rings (SSSR count). The first-order chi connectivity index (χ1) is 18.2. The minimum Gasteiger partial charge on any atom is -0.421 e. The van der Waals surface area contributed by atoms with Gasteiger partial charge in [0.1, 0.15) is 17.8 Å². The van der Waals surface area contributed by atoms with Crippen LogP contribution < -0.4 is 15.2 Å². The molecule has 14 heteroatoms. The molecule has 1 aliphatic carbocycles. The summed E-state index contributed by atoms with van der Waals surface area (Å²) in [6.45, 7) is 4.69. The van der Waals surface area contributed by atoms with Gasteiger partial charge < -0.3 is 54.7 Å². The van der Waals surface area contributed by atoms with E-state index in [0.717, 1.165) is 12.7 Å². The number of benzene rings is 1. The van der Waals surface area contributed by atoms with E-state index < -0.39 is 73.6 Å². The topological polar surface area (TPSA) is 179 Å². The summed E-state index contributed by atoms with van der Waals surface area (Å²) in [4.78, 5) is 9.41. The van der Waals surface area contributed by atoms with Crippen molar-refractivity contribution in [1.82, 2.24) is 10.6 Å². The SMILES string of the molecule is CC[C@@H]1[C@H](O)[C@H](NC)[C@H]2O[C@]3(O)[C@H](O[C@@H]2[C@H]1O)O[C@H](C)C[C@@]3(O)CNCCc1ccc(F)c(OP(C)(=O)O)c1. The summed E-state index contributed by atoms with van der Waals surface area (Å²) in [7, 11) is -2.31. The molecular formula is C25H40FN2O10P. The van der Waals surface area contributed by atoms with Crippen LogP contribution in [0.3, 0.4) is 0 Å². The zero-order valence-electron chi connectivity index (χ0n) is 22.5. The number of fused-ring (bicyclic) bond motifs is 2. The Balaban J connectivity index is 1.47. The van der Waals surface area contributed by atoms with Crippen LogP contribution in [0, 0.1) is 11.7 Å². The van der Waals surface area contributed by atoms with Crippen molar-refractivity contribution in [3.05, 3.63) is 29.6 Å². The van der Waals surface area contributed by atoms with Gasteiger partial charge in [0, 0.05) is 25.5 Å². The first kappa shape index (κ1) is 30.7. The fourth-order valence-corrected chi connectivity index (χ4v) is 6.44. The van der Waals surface area contributed by atoms with E-state index in [-0.39, 0.29) is 25.3 Å². The van der Waals surface area contributed by atoms with E-state index in [1.165, 1.54) is 12.1 Å². The van der Waals surface area contributed by atoms with Crippen molar-refractivity contribution in [2.24, 2.45) is 5.92 Å². The highest BCUT2D eigenvalue weighted by Gasteiger charge is 2.68. The van der Waals surface area contributed by atoms with Crippen LogP contribution in [0.25, 0.3) is 0 Å². The largest absolute Gasteiger partial charge is 0.421 e. The first-order valence-corrected chi connectivity index (χ1v) is 15.2. The Kier molecular flexibility index (Phi) is 9.12. The van der Waals surface area contributed by atoms with Gasteiger partial charge >= 0.3 is 7.60 Å². The van der Waals surface area contributed by atoms with Crippen molar-refractivity contribution in [2.45, 2.75) is 87.3 Å². The molecule has 0 spiro atoms. The lowest BCUT2D eigenvalue weighted by atomic mass is 9.74. The summed E-state index contributed by atoms with van der Waals surface area (Å²) in [5, 5.41) is 51.3. The van der Waals surface area contributed by atoms with E-state index in [1.54, 1.807) is 14.0 Å². The number of ether oxygens (including phenoxy) is 3. The average Bonchev–Trinajstić information content (AvgIpc) is 2.84. The lowest BCUT2D eigenvalue weighted by molar-refractivity contribution is -0.483. The molecule has 1 unspecified atom stereocenters. The Morgan fingerprint density at radius 2 is 1.92 bits per heavy atom. The Hall–Kier alpha value is -1.22. The number of aliphatic hydroxyl groups is 4. The molecule has 3 aliphatic rings. The molecule has 0 aromatic heterocycles. The Bertz CT molecular complexity index is 1060. The van der Waals surface area contributed by atoms with Gasteiger partial charge in [-0.1, -0.05) is 13.0 Å². The minimum absolute atomic E-state index is 0.00250. The van der Waals surface area contributed by atoms with Gasteiger partial charge in [-0.05, 0) is 51.1 Å². The number of rotatable bonds is 9. The van der Waals surface area contributed by atoms with Gasteiger partial charge in [0.15, 0.2) is 11.6 Å². The van der Waals surface area contributed by atoms with Crippen LogP contribution >= 0.6 is 7.60 Å². The van der Waals surface area contributed by atoms with Crippen LogP contribution in [0.15, 0.2) is 18.2 Å². The molecule has 3 fully saturated rings. The van der Waals surface area contributed by atoms with Crippen LogP contribution in [-0.2, 0) is 25.2 Å². The van der Waals surface area contributed by atoms with Crippen LogP contribution in [0.1, 0.15) is 32.3 Å². The van der Waals surface area contributed by atoms with Gasteiger partial charge in [0.2, 0.25) is 12.1 Å². The predicted octanol–water partition coefficient (Wildman–Crippen LogP) is -0.160. The van der Waals surface area contributed by atoms with Crippen molar-refractivity contribution in [2.75, 3.05) is 26.8 Å². The molecule has 1 aromatic carbocycles. The van der Waals surface area contributed by atoms with E-state index in [1.807, 2.05) is 6.92 Å². The molecule has 1 saturated carbocycles. The molecule has 2 saturated heterocycles. The molecule has 12 nitrogen and oxygen atoms in total. The van der Waals surface area contributed by atoms with Gasteiger partial charge in [0.25, 0.3) is 0 Å². The second kappa shape index (κ2) is 11.6. The summed E-state index contributed by atoms with van der Waals surface area (Å²) < 4.78 is 48.3. The lowest BCUT2D eigenvalue weighted by Crippen LogP contribution is -2.80. The standard InChI is InChI=1S/C25H40FN2O10P/c1-5-15-19(29)18(27-3)21-22(20(15)30)36-23-25(32,37-21)24(31,11-13(2)35-23)12-28-9-8-14-6-7-16(26)17(10-14)38-39(4,33)34/h6-7,10,13,15,18-23,27-32H,5,8-9,11-12H2,1-4H3,(H,33,34)/t13-,15-,18+,19+,20+,21-,22-,23+,24-,25-/m1/s1. The Labute approximate surface area is 227 Å². The number of halogens is 1. The summed E-state index contributed by atoms with van der Waals surface area (Å²) in [5.41, 5.74) is -1.26. The van der Waals surface area contributed by atoms with Gasteiger partial charge in [-0.15, -0.1) is 0 Å². The van der Waals surface area contributed by atoms with Crippen LogP contribution in [0.2, 0.25) is 0 Å². The molecule has 0 bridgehead atoms. The zero-order valence-corrected chi connectivity index (χ0v) is 23.4. The lowest BCUT2D eigenvalue weighted by Gasteiger charge is -2.60. The minimum atomic E-state index is -3.94. The fourth-order valence-electron chi connectivity index (χ4n) is 5.94. The number of aliphatic hydroxyl groups excluding tert-OH is 2. The maximum Gasteiger partial charge on any atom is 0.373 e. The second-order valence-corrected chi connectivity index (χ2v) is 12.6. The highest BCUT2D eigenvalue weighted by molar-refractivity contribution is 7.52. The van der Waals surface area contributed by atoms with Crippen LogP contribution in [0.5, 0.6) is 5.75 Å². The van der Waals surface area contributed by atoms with Crippen LogP contribution in [-0.4, -0.2) is 106 Å². The maximum absolute atomic E-state index is 14.0. The maximum atomic E-state index is 14.0. The first-order valence-electron chi connectivity index (χ1n) is 13.2. The molecule has 39 heavy (non-hydrogen) atoms. The predicted molar refractivity (Wildman–Crippen MR) is 137 cm³/mol. The molecule has 11 atom stereocenters. The molecule has 0 radical (unpaired) electrons. The summed E-state index contributed by atoms with van der Waals surface area (Å²) in [6.07, 6.45) is -5.02. The van der Waals surface area contributed by atoms with Crippen molar-refractivity contribution in [1.29, 1.82) is 0 Å². The van der Waals surface area contributed by atoms with E-state index in [0.29, 0.717) is 18.4 Å². The summed E-state index contributed by atoms with van der Waals surface area (Å²) in [6, 6.07) is 3.30. The molecule has 1 aromatic rings. The number of nitrogens with one attached hydrogen (secondary N) is 2. The molecule has 2 aliphatic heterocycles. The van der Waals surface area contributed by atoms with E-state index in [9.17, 15) is 34.3 Å². The van der Waals surface area contributed by atoms with Crippen molar-refractivity contribution in [3.8, 4) is 5.75 Å². The zero-order chi connectivity index (χ0) is 28.8. The number of hydrogen-bond donors (Lipinski definition) is 7. The third kappa shape index (κ3) is 6.05. The fraction of sp³-hybridized carbons (Fsp3) is 0.760. The van der Waals surface area contributed by atoms with E-state index in [4.69, 9.17) is 18.7 Å². The molecule has 0 amide bonds. The van der Waals surface area contributed by atoms with Crippen molar-refractivity contribution < 1.29 is 53.0 Å². The quantitative estimate of drug-likeness (QED) is 0.152. The van der Waals surface area contributed by atoms with Gasteiger partial charge in [-0.3, -0.25) is 0 Å². The monoisotopic (exact) mass is 578 g/mol. The third-order valence-electron chi connectivity index (χ3n) is 7.90. The Morgan fingerprint density at radius 1 is 1.21 bits per heavy atom. The van der Waals surface area contributed by atoms with Crippen molar-refractivity contribution >= 4 is 7.60 Å². The van der Waals surface area contributed by atoms with Crippen LogP contribution in [0.4, 0.5) is 4.39 Å². The normalized spacial score (nSPS) is 41.8. The summed E-state index contributed by atoms with van der Waals surface area (Å²) in [5.74, 6) is -3.91. The van der Waals surface area contributed by atoms with E-state index in [2.05, 4.69) is 10.6 Å². The highest BCUT2D eigenvalue weighted by Crippen LogP contribution is 2.47. The van der Waals surface area contributed by atoms with Gasteiger partial charge in [-0.2, -0.15) is 0 Å². The van der Waals surface area contributed by atoms with Gasteiger partial charge in [0.05, 0.1) is 24.4 Å².